The van der Waals surface area contributed by atoms with E-state index in [1.165, 1.54) is 6.20 Å². The van der Waals surface area contributed by atoms with Crippen LogP contribution in [0.15, 0.2) is 60.9 Å². The van der Waals surface area contributed by atoms with Crippen LogP contribution < -0.4 is 11.1 Å². The SMILES string of the molecule is Cc1cc(N)nc(C)c1CNC(=O)c1ccc2c(c1)C1OC2c2cc(-c3ccncc3F)ccc21. The zero-order valence-corrected chi connectivity index (χ0v) is 19.3. The van der Waals surface area contributed by atoms with E-state index < -0.39 is 0 Å². The lowest BCUT2D eigenvalue weighted by Gasteiger charge is -2.18. The maximum Gasteiger partial charge on any atom is 0.251 e. The number of amides is 1. The van der Waals surface area contributed by atoms with Gasteiger partial charge in [0.2, 0.25) is 0 Å². The highest BCUT2D eigenvalue weighted by Crippen LogP contribution is 2.54. The number of aromatic nitrogens is 2. The van der Waals surface area contributed by atoms with Gasteiger partial charge in [-0.05, 0) is 83.1 Å². The van der Waals surface area contributed by atoms with Crippen LogP contribution in [-0.4, -0.2) is 15.9 Å². The molecule has 2 atom stereocenters. The summed E-state index contributed by atoms with van der Waals surface area (Å²) in [7, 11) is 0. The van der Waals surface area contributed by atoms with Crippen LogP contribution in [0.3, 0.4) is 0 Å². The monoisotopic (exact) mass is 466 g/mol. The number of hydrogen-bond acceptors (Lipinski definition) is 5. The zero-order valence-electron chi connectivity index (χ0n) is 19.3. The van der Waals surface area contributed by atoms with Crippen molar-refractivity contribution in [3.05, 3.63) is 111 Å². The molecular formula is C28H23FN4O2. The van der Waals surface area contributed by atoms with E-state index in [0.717, 1.165) is 44.6 Å². The first kappa shape index (κ1) is 21.4. The number of carbonyl (C=O) groups excluding carboxylic acids is 1. The maximum atomic E-state index is 14.3. The van der Waals surface area contributed by atoms with Gasteiger partial charge in [-0.3, -0.25) is 9.78 Å². The first-order chi connectivity index (χ1) is 16.9. The van der Waals surface area contributed by atoms with Gasteiger partial charge in [-0.15, -0.1) is 0 Å². The maximum absolute atomic E-state index is 14.3. The minimum atomic E-state index is -0.354. The Kier molecular flexibility index (Phi) is 4.89. The van der Waals surface area contributed by atoms with Gasteiger partial charge in [0.1, 0.15) is 23.8 Å². The first-order valence-electron chi connectivity index (χ1n) is 11.4. The number of nitrogens with zero attached hydrogens (tertiary/aromatic N) is 2. The number of nitrogen functional groups attached to an aromatic ring is 1. The molecule has 3 N–H and O–H groups in total. The van der Waals surface area contributed by atoms with Crippen molar-refractivity contribution >= 4 is 11.7 Å². The van der Waals surface area contributed by atoms with E-state index in [0.29, 0.717) is 23.5 Å². The van der Waals surface area contributed by atoms with Crippen molar-refractivity contribution in [2.24, 2.45) is 0 Å². The number of benzene rings is 2. The second-order valence-electron chi connectivity index (χ2n) is 9.05. The second-order valence-corrected chi connectivity index (χ2v) is 9.05. The molecule has 4 aromatic rings. The van der Waals surface area contributed by atoms with Crippen molar-refractivity contribution in [2.75, 3.05) is 5.73 Å². The molecule has 0 saturated heterocycles. The Morgan fingerprint density at radius 3 is 2.51 bits per heavy atom. The Hall–Kier alpha value is -4.10. The van der Waals surface area contributed by atoms with Crippen molar-refractivity contribution in [2.45, 2.75) is 32.6 Å². The Labute approximate surface area is 202 Å². The van der Waals surface area contributed by atoms with Crippen LogP contribution in [0.5, 0.6) is 0 Å². The topological polar surface area (TPSA) is 90.1 Å². The van der Waals surface area contributed by atoms with Gasteiger partial charge in [0.05, 0.1) is 6.20 Å². The fraction of sp³-hybridized carbons (Fsp3) is 0.179. The number of rotatable bonds is 4. The van der Waals surface area contributed by atoms with Crippen LogP contribution in [0.1, 0.15) is 61.6 Å². The van der Waals surface area contributed by atoms with Crippen LogP contribution in [-0.2, 0) is 11.3 Å². The van der Waals surface area contributed by atoms with E-state index in [-0.39, 0.29) is 23.9 Å². The molecule has 2 aliphatic rings. The van der Waals surface area contributed by atoms with Crippen molar-refractivity contribution in [3.63, 3.8) is 0 Å². The molecule has 1 amide bonds. The Morgan fingerprint density at radius 2 is 1.77 bits per heavy atom. The first-order valence-corrected chi connectivity index (χ1v) is 11.4. The molecule has 0 aliphatic carbocycles. The molecule has 7 heteroatoms. The Balaban J connectivity index is 1.25. The second kappa shape index (κ2) is 7.99. The highest BCUT2D eigenvalue weighted by molar-refractivity contribution is 5.94. The average molecular weight is 467 g/mol. The van der Waals surface area contributed by atoms with E-state index in [9.17, 15) is 9.18 Å². The molecule has 0 spiro atoms. The van der Waals surface area contributed by atoms with Gasteiger partial charge in [0.15, 0.2) is 0 Å². The summed E-state index contributed by atoms with van der Waals surface area (Å²) >= 11 is 0. The highest BCUT2D eigenvalue weighted by Gasteiger charge is 2.43. The number of hydrogen-bond donors (Lipinski definition) is 2. The third-order valence-corrected chi connectivity index (χ3v) is 6.92. The van der Waals surface area contributed by atoms with Gasteiger partial charge in [0, 0.05) is 29.6 Å². The van der Waals surface area contributed by atoms with Crippen molar-refractivity contribution < 1.29 is 13.9 Å². The van der Waals surface area contributed by atoms with E-state index in [2.05, 4.69) is 15.3 Å². The molecule has 2 unspecified atom stereocenters. The van der Waals surface area contributed by atoms with Gasteiger partial charge >= 0.3 is 0 Å². The van der Waals surface area contributed by atoms with E-state index in [1.54, 1.807) is 12.3 Å². The fourth-order valence-electron chi connectivity index (χ4n) is 5.19. The van der Waals surface area contributed by atoms with E-state index >= 15 is 0 Å². The molecule has 174 valence electrons. The molecule has 35 heavy (non-hydrogen) atoms. The quantitative estimate of drug-likeness (QED) is 0.445. The molecule has 0 saturated carbocycles. The minimum absolute atomic E-state index is 0.157. The summed E-state index contributed by atoms with van der Waals surface area (Å²) in [5.41, 5.74) is 14.6. The number of nitrogens with two attached hydrogens (primary N) is 1. The van der Waals surface area contributed by atoms with Crippen LogP contribution in [0.4, 0.5) is 10.2 Å². The van der Waals surface area contributed by atoms with Crippen LogP contribution >= 0.6 is 0 Å². The van der Waals surface area contributed by atoms with Crippen molar-refractivity contribution in [3.8, 4) is 11.1 Å². The average Bonchev–Trinajstić information content (AvgIpc) is 3.40. The molecule has 0 radical (unpaired) electrons. The summed E-state index contributed by atoms with van der Waals surface area (Å²) in [6.07, 6.45) is 2.35. The van der Waals surface area contributed by atoms with Gasteiger partial charge in [-0.2, -0.15) is 0 Å². The summed E-state index contributed by atoms with van der Waals surface area (Å²) in [5, 5.41) is 3.00. The molecule has 2 aromatic heterocycles. The fourth-order valence-corrected chi connectivity index (χ4v) is 5.19. The minimum Gasteiger partial charge on any atom is -0.384 e. The van der Waals surface area contributed by atoms with Crippen molar-refractivity contribution in [1.82, 2.24) is 15.3 Å². The summed E-state index contributed by atoms with van der Waals surface area (Å²) in [5.74, 6) is -0.0373. The molecule has 2 aliphatic heterocycles. The van der Waals surface area contributed by atoms with Gasteiger partial charge < -0.3 is 15.8 Å². The largest absolute Gasteiger partial charge is 0.384 e. The number of nitrogens with one attached hydrogen (secondary N) is 1. The predicted molar refractivity (Wildman–Crippen MR) is 130 cm³/mol. The molecule has 0 fully saturated rings. The van der Waals surface area contributed by atoms with Crippen molar-refractivity contribution in [1.29, 1.82) is 0 Å². The van der Waals surface area contributed by atoms with Gasteiger partial charge in [0.25, 0.3) is 5.91 Å². The summed E-state index contributed by atoms with van der Waals surface area (Å²) in [6, 6.07) is 15.1. The summed E-state index contributed by atoms with van der Waals surface area (Å²) in [6.45, 7) is 4.22. The number of halogens is 1. The normalized spacial score (nSPS) is 17.2. The lowest BCUT2D eigenvalue weighted by Crippen LogP contribution is -2.24. The number of pyridine rings is 2. The highest BCUT2D eigenvalue weighted by atomic mass is 19.1. The molecule has 6 nitrogen and oxygen atoms in total. The third-order valence-electron chi connectivity index (χ3n) is 6.92. The molecule has 2 bridgehead atoms. The van der Waals surface area contributed by atoms with Crippen LogP contribution in [0.25, 0.3) is 11.1 Å². The smallest absolute Gasteiger partial charge is 0.251 e. The Bertz CT molecular complexity index is 1490. The summed E-state index contributed by atoms with van der Waals surface area (Å²) < 4.78 is 20.5. The van der Waals surface area contributed by atoms with Gasteiger partial charge in [-0.1, -0.05) is 18.2 Å². The van der Waals surface area contributed by atoms with Crippen LogP contribution in [0.2, 0.25) is 0 Å². The van der Waals surface area contributed by atoms with E-state index in [4.69, 9.17) is 10.5 Å². The number of ether oxygens (including phenoxy) is 1. The van der Waals surface area contributed by atoms with Crippen LogP contribution in [0, 0.1) is 19.7 Å². The summed E-state index contributed by atoms with van der Waals surface area (Å²) in [4.78, 5) is 21.1. The molecular weight excluding hydrogens is 443 g/mol. The number of anilines is 1. The van der Waals surface area contributed by atoms with E-state index in [1.807, 2.05) is 56.3 Å². The standard InChI is InChI=1S/C28H23FN4O2/c1-14-9-25(30)33-15(2)23(14)12-32-28(34)17-4-6-20-22(11-17)27-19-5-3-16(10-21(19)26(20)35-27)18-7-8-31-13-24(18)29/h3-11,13,26-27H,12H2,1-2H3,(H2,30,33)(H,32,34). The zero-order chi connectivity index (χ0) is 24.3. The number of carbonyl (C=O) groups is 1. The number of fused-ring (bicyclic) bond motifs is 8. The lowest BCUT2D eigenvalue weighted by molar-refractivity contribution is 0.0857. The lowest BCUT2D eigenvalue weighted by atomic mass is 9.84. The molecule has 4 heterocycles. The molecule has 2 aromatic carbocycles. The Morgan fingerprint density at radius 1 is 1.03 bits per heavy atom. The number of aryl methyl sites for hydroxylation is 2. The molecule has 6 rings (SSSR count). The van der Waals surface area contributed by atoms with Gasteiger partial charge in [-0.25, -0.2) is 9.37 Å². The predicted octanol–water partition coefficient (Wildman–Crippen LogP) is 4.93. The third kappa shape index (κ3) is 3.47.